The monoisotopic (exact) mass is 223 g/mol. The average molecular weight is 223 g/mol. The van der Waals surface area contributed by atoms with E-state index < -0.39 is 17.7 Å². The van der Waals surface area contributed by atoms with E-state index in [-0.39, 0.29) is 12.1 Å². The van der Waals surface area contributed by atoms with Crippen LogP contribution in [0.4, 0.5) is 4.39 Å². The number of aliphatic carboxylic acids is 1. The molecular formula is C11H10FNO3. The van der Waals surface area contributed by atoms with Crippen LogP contribution in [-0.2, 0) is 11.2 Å². The number of carboxylic acid groups (broad SMARTS) is 1. The van der Waals surface area contributed by atoms with E-state index in [0.717, 1.165) is 0 Å². The SMILES string of the molecule is O=C(O)C1C/C(=N/O)c2cc(F)ccc2C1. The minimum absolute atomic E-state index is 0.127. The van der Waals surface area contributed by atoms with Gasteiger partial charge in [-0.2, -0.15) is 0 Å². The highest BCUT2D eigenvalue weighted by Gasteiger charge is 2.28. The van der Waals surface area contributed by atoms with Gasteiger partial charge in [-0.25, -0.2) is 4.39 Å². The number of fused-ring (bicyclic) bond motifs is 1. The first-order chi connectivity index (χ1) is 7.61. The van der Waals surface area contributed by atoms with E-state index in [1.165, 1.54) is 18.2 Å². The molecule has 0 heterocycles. The highest BCUT2D eigenvalue weighted by atomic mass is 19.1. The zero-order valence-electron chi connectivity index (χ0n) is 8.35. The van der Waals surface area contributed by atoms with Crippen LogP contribution in [0.1, 0.15) is 17.5 Å². The van der Waals surface area contributed by atoms with Crippen LogP contribution in [0.15, 0.2) is 23.4 Å². The maximum absolute atomic E-state index is 13.0. The van der Waals surface area contributed by atoms with E-state index in [4.69, 9.17) is 10.3 Å². The molecule has 2 N–H and O–H groups in total. The second-order valence-electron chi connectivity index (χ2n) is 3.79. The highest BCUT2D eigenvalue weighted by Crippen LogP contribution is 2.26. The van der Waals surface area contributed by atoms with Gasteiger partial charge in [0.1, 0.15) is 5.82 Å². The number of oxime groups is 1. The van der Waals surface area contributed by atoms with Crippen LogP contribution in [0.5, 0.6) is 0 Å². The first kappa shape index (κ1) is 10.6. The molecule has 2 rings (SSSR count). The number of carboxylic acids is 1. The van der Waals surface area contributed by atoms with E-state index in [1.807, 2.05) is 0 Å². The molecule has 4 nitrogen and oxygen atoms in total. The first-order valence-electron chi connectivity index (χ1n) is 4.84. The third kappa shape index (κ3) is 1.76. The molecule has 0 saturated carbocycles. The summed E-state index contributed by atoms with van der Waals surface area (Å²) >= 11 is 0. The van der Waals surface area contributed by atoms with Crippen molar-refractivity contribution in [3.05, 3.63) is 35.1 Å². The van der Waals surface area contributed by atoms with E-state index in [0.29, 0.717) is 17.5 Å². The van der Waals surface area contributed by atoms with Crippen molar-refractivity contribution in [1.29, 1.82) is 0 Å². The van der Waals surface area contributed by atoms with Gasteiger partial charge in [-0.05, 0) is 24.1 Å². The van der Waals surface area contributed by atoms with Gasteiger partial charge in [0.05, 0.1) is 11.6 Å². The number of hydrogen-bond donors (Lipinski definition) is 2. The van der Waals surface area contributed by atoms with Crippen LogP contribution in [-0.4, -0.2) is 22.0 Å². The van der Waals surface area contributed by atoms with E-state index in [2.05, 4.69) is 5.16 Å². The number of nitrogens with zero attached hydrogens (tertiary/aromatic N) is 1. The normalized spacial score (nSPS) is 21.8. The third-order valence-corrected chi connectivity index (χ3v) is 2.76. The van der Waals surface area contributed by atoms with Gasteiger partial charge in [0.2, 0.25) is 0 Å². The second kappa shape index (κ2) is 3.92. The predicted octanol–water partition coefficient (Wildman–Crippen LogP) is 1.65. The Morgan fingerprint density at radius 2 is 2.19 bits per heavy atom. The third-order valence-electron chi connectivity index (χ3n) is 2.76. The van der Waals surface area contributed by atoms with Crippen LogP contribution in [0, 0.1) is 11.7 Å². The molecule has 0 fully saturated rings. The summed E-state index contributed by atoms with van der Waals surface area (Å²) in [5.74, 6) is -1.96. The molecule has 1 unspecified atom stereocenters. The Kier molecular flexibility index (Phi) is 2.60. The van der Waals surface area contributed by atoms with Crippen LogP contribution in [0.2, 0.25) is 0 Å². The van der Waals surface area contributed by atoms with Crippen molar-refractivity contribution >= 4 is 11.7 Å². The molecule has 5 heteroatoms. The predicted molar refractivity (Wildman–Crippen MR) is 54.2 cm³/mol. The molecule has 84 valence electrons. The van der Waals surface area contributed by atoms with Crippen LogP contribution < -0.4 is 0 Å². The number of benzene rings is 1. The van der Waals surface area contributed by atoms with Gasteiger partial charge in [-0.3, -0.25) is 4.79 Å². The fourth-order valence-electron chi connectivity index (χ4n) is 1.95. The first-order valence-corrected chi connectivity index (χ1v) is 4.84. The number of rotatable bonds is 1. The molecule has 16 heavy (non-hydrogen) atoms. The summed E-state index contributed by atoms with van der Waals surface area (Å²) in [4.78, 5) is 10.9. The summed E-state index contributed by atoms with van der Waals surface area (Å²) in [5.41, 5.74) is 1.43. The molecule has 0 bridgehead atoms. The molecule has 1 aromatic carbocycles. The summed E-state index contributed by atoms with van der Waals surface area (Å²) in [6.07, 6.45) is 0.465. The number of hydrogen-bond acceptors (Lipinski definition) is 3. The zero-order valence-corrected chi connectivity index (χ0v) is 8.35. The van der Waals surface area contributed by atoms with Gasteiger partial charge in [0, 0.05) is 12.0 Å². The maximum Gasteiger partial charge on any atom is 0.307 e. The van der Waals surface area contributed by atoms with Gasteiger partial charge < -0.3 is 10.3 Å². The van der Waals surface area contributed by atoms with Crippen molar-refractivity contribution in [3.8, 4) is 0 Å². The zero-order chi connectivity index (χ0) is 11.7. The summed E-state index contributed by atoms with van der Waals surface area (Å²) in [6, 6.07) is 4.07. The van der Waals surface area contributed by atoms with Crippen LogP contribution >= 0.6 is 0 Å². The van der Waals surface area contributed by atoms with Crippen molar-refractivity contribution in [1.82, 2.24) is 0 Å². The van der Waals surface area contributed by atoms with Gasteiger partial charge in [0.25, 0.3) is 0 Å². The fraction of sp³-hybridized carbons (Fsp3) is 0.273. The highest BCUT2D eigenvalue weighted by molar-refractivity contribution is 6.04. The molecule has 1 aliphatic carbocycles. The molecule has 0 aromatic heterocycles. The molecule has 0 spiro atoms. The van der Waals surface area contributed by atoms with Gasteiger partial charge in [0.15, 0.2) is 0 Å². The largest absolute Gasteiger partial charge is 0.481 e. The molecule has 0 saturated heterocycles. The minimum atomic E-state index is -0.934. The lowest BCUT2D eigenvalue weighted by Gasteiger charge is -2.22. The Hall–Kier alpha value is -1.91. The van der Waals surface area contributed by atoms with E-state index in [9.17, 15) is 9.18 Å². The molecule has 0 amide bonds. The van der Waals surface area contributed by atoms with Crippen molar-refractivity contribution in [2.45, 2.75) is 12.8 Å². The topological polar surface area (TPSA) is 69.9 Å². The van der Waals surface area contributed by atoms with Crippen molar-refractivity contribution in [2.75, 3.05) is 0 Å². The Morgan fingerprint density at radius 3 is 2.81 bits per heavy atom. The second-order valence-corrected chi connectivity index (χ2v) is 3.79. The van der Waals surface area contributed by atoms with E-state index in [1.54, 1.807) is 0 Å². The van der Waals surface area contributed by atoms with Crippen LogP contribution in [0.25, 0.3) is 0 Å². The lowest BCUT2D eigenvalue weighted by molar-refractivity contribution is -0.141. The Balaban J connectivity index is 2.46. The smallest absolute Gasteiger partial charge is 0.307 e. The van der Waals surface area contributed by atoms with Gasteiger partial charge in [-0.1, -0.05) is 11.2 Å². The average Bonchev–Trinajstić information content (AvgIpc) is 2.27. The Labute approximate surface area is 91.0 Å². The number of halogens is 1. The molecule has 1 aromatic rings. The molecule has 0 radical (unpaired) electrons. The Morgan fingerprint density at radius 1 is 1.44 bits per heavy atom. The molecular weight excluding hydrogens is 213 g/mol. The van der Waals surface area contributed by atoms with E-state index >= 15 is 0 Å². The summed E-state index contributed by atoms with van der Waals surface area (Å²) < 4.78 is 13.0. The standard InChI is InChI=1S/C11H10FNO3/c12-8-2-1-6-3-7(11(14)15)4-10(13-16)9(6)5-8/h1-2,5,7,16H,3-4H2,(H,14,15)/b13-10-. The summed E-state index contributed by atoms with van der Waals surface area (Å²) in [7, 11) is 0. The van der Waals surface area contributed by atoms with Gasteiger partial charge >= 0.3 is 5.97 Å². The summed E-state index contributed by atoms with van der Waals surface area (Å²) in [6.45, 7) is 0. The Bertz CT molecular complexity index is 470. The molecule has 0 aliphatic heterocycles. The molecule has 1 aliphatic rings. The summed E-state index contributed by atoms with van der Waals surface area (Å²) in [5, 5.41) is 20.8. The lowest BCUT2D eigenvalue weighted by atomic mass is 9.82. The quantitative estimate of drug-likeness (QED) is 0.561. The minimum Gasteiger partial charge on any atom is -0.481 e. The lowest BCUT2D eigenvalue weighted by Crippen LogP contribution is -2.26. The van der Waals surface area contributed by atoms with Crippen molar-refractivity contribution in [3.63, 3.8) is 0 Å². The van der Waals surface area contributed by atoms with Gasteiger partial charge in [-0.15, -0.1) is 0 Å². The molecule has 1 atom stereocenters. The fourth-order valence-corrected chi connectivity index (χ4v) is 1.95. The van der Waals surface area contributed by atoms with Crippen molar-refractivity contribution in [2.24, 2.45) is 11.1 Å². The maximum atomic E-state index is 13.0. The van der Waals surface area contributed by atoms with Crippen molar-refractivity contribution < 1.29 is 19.5 Å². The number of carbonyl (C=O) groups is 1. The van der Waals surface area contributed by atoms with Crippen LogP contribution in [0.3, 0.4) is 0 Å².